The van der Waals surface area contributed by atoms with Crippen molar-refractivity contribution in [2.24, 2.45) is 0 Å². The van der Waals surface area contributed by atoms with Crippen LogP contribution in [0.15, 0.2) is 36.1 Å². The third-order valence-electron chi connectivity index (χ3n) is 1.20. The Balaban J connectivity index is 4.00. The smallest absolute Gasteiger partial charge is 0.118 e. The van der Waals surface area contributed by atoms with Crippen molar-refractivity contribution < 1.29 is 4.74 Å². The summed E-state index contributed by atoms with van der Waals surface area (Å²) < 4.78 is 5.06. The van der Waals surface area contributed by atoms with Crippen LogP contribution >= 0.6 is 0 Å². The molecule has 0 aromatic carbocycles. The van der Waals surface area contributed by atoms with Gasteiger partial charge in [0.1, 0.15) is 5.76 Å². The van der Waals surface area contributed by atoms with Crippen LogP contribution in [0.1, 0.15) is 20.3 Å². The predicted octanol–water partition coefficient (Wildman–Crippen LogP) is 3.06. The molecule has 0 spiro atoms. The maximum absolute atomic E-state index is 5.06. The van der Waals surface area contributed by atoms with Crippen LogP contribution in [0.2, 0.25) is 0 Å². The van der Waals surface area contributed by atoms with E-state index >= 15 is 0 Å². The Hall–Kier alpha value is -0.980. The van der Waals surface area contributed by atoms with Gasteiger partial charge in [0.25, 0.3) is 0 Å². The number of allylic oxidation sites excluding steroid dienone is 5. The van der Waals surface area contributed by atoms with E-state index < -0.39 is 0 Å². The second-order valence-electron chi connectivity index (χ2n) is 2.11. The molecule has 62 valence electrons. The van der Waals surface area contributed by atoms with Crippen molar-refractivity contribution in [1.82, 2.24) is 0 Å². The Labute approximate surface area is 69.1 Å². The molecule has 1 nitrogen and oxygen atoms in total. The van der Waals surface area contributed by atoms with E-state index in [1.807, 2.05) is 31.2 Å². The van der Waals surface area contributed by atoms with E-state index in [4.69, 9.17) is 4.74 Å². The highest BCUT2D eigenvalue weighted by atomic mass is 16.5. The summed E-state index contributed by atoms with van der Waals surface area (Å²) in [7, 11) is 1.67. The average Bonchev–Trinajstić information content (AvgIpc) is 2.03. The van der Waals surface area contributed by atoms with Gasteiger partial charge in [0.2, 0.25) is 0 Å². The number of rotatable bonds is 4. The summed E-state index contributed by atoms with van der Waals surface area (Å²) in [6, 6.07) is 0. The van der Waals surface area contributed by atoms with E-state index in [9.17, 15) is 0 Å². The molecule has 0 amide bonds. The molecule has 0 aliphatic heterocycles. The highest BCUT2D eigenvalue weighted by Crippen LogP contribution is 1.97. The molecule has 0 atom stereocenters. The van der Waals surface area contributed by atoms with Crippen LogP contribution in [0, 0.1) is 0 Å². The van der Waals surface area contributed by atoms with Crippen molar-refractivity contribution in [2.75, 3.05) is 7.11 Å². The lowest BCUT2D eigenvalue weighted by Gasteiger charge is -1.96. The van der Waals surface area contributed by atoms with Gasteiger partial charge in [0.05, 0.1) is 7.11 Å². The van der Waals surface area contributed by atoms with Crippen LogP contribution in [0.5, 0.6) is 0 Å². The van der Waals surface area contributed by atoms with Crippen molar-refractivity contribution in [1.29, 1.82) is 0 Å². The standard InChI is InChI=1S/C10H16O/c1-4-6-7-9-10(11-3)8-5-2/h5-9H,4H2,1-3H3/b7-6+,8-5-,10-9+. The van der Waals surface area contributed by atoms with Crippen molar-refractivity contribution >= 4 is 0 Å². The molecule has 0 saturated heterocycles. The summed E-state index contributed by atoms with van der Waals surface area (Å²) in [5.74, 6) is 0.886. The van der Waals surface area contributed by atoms with E-state index in [1.165, 1.54) is 0 Å². The maximum Gasteiger partial charge on any atom is 0.118 e. The van der Waals surface area contributed by atoms with Gasteiger partial charge in [-0.2, -0.15) is 0 Å². The molecule has 0 rings (SSSR count). The predicted molar refractivity (Wildman–Crippen MR) is 49.3 cm³/mol. The first kappa shape index (κ1) is 10.0. The van der Waals surface area contributed by atoms with Crippen molar-refractivity contribution in [3.8, 4) is 0 Å². The van der Waals surface area contributed by atoms with Crippen LogP contribution in [0.4, 0.5) is 0 Å². The number of ether oxygens (including phenoxy) is 1. The van der Waals surface area contributed by atoms with Gasteiger partial charge in [-0.25, -0.2) is 0 Å². The van der Waals surface area contributed by atoms with Crippen LogP contribution in [-0.4, -0.2) is 7.11 Å². The third kappa shape index (κ3) is 5.46. The minimum Gasteiger partial charge on any atom is -0.497 e. The fourth-order valence-electron chi connectivity index (χ4n) is 0.655. The van der Waals surface area contributed by atoms with E-state index in [1.54, 1.807) is 7.11 Å². The molecule has 0 aliphatic carbocycles. The van der Waals surface area contributed by atoms with Crippen LogP contribution in [0.3, 0.4) is 0 Å². The normalized spacial score (nSPS) is 13.2. The van der Waals surface area contributed by atoms with E-state index in [0.29, 0.717) is 0 Å². The summed E-state index contributed by atoms with van der Waals surface area (Å²) >= 11 is 0. The summed E-state index contributed by atoms with van der Waals surface area (Å²) in [5.41, 5.74) is 0. The molecule has 0 unspecified atom stereocenters. The molecule has 0 aromatic heterocycles. The first-order valence-corrected chi connectivity index (χ1v) is 3.88. The van der Waals surface area contributed by atoms with Gasteiger partial charge in [-0.1, -0.05) is 25.2 Å². The number of hydrogen-bond donors (Lipinski definition) is 0. The van der Waals surface area contributed by atoms with Gasteiger partial charge in [0.15, 0.2) is 0 Å². The zero-order valence-corrected chi connectivity index (χ0v) is 7.50. The second kappa shape index (κ2) is 7.13. The zero-order chi connectivity index (χ0) is 8.53. The topological polar surface area (TPSA) is 9.23 Å². The largest absolute Gasteiger partial charge is 0.497 e. The highest BCUT2D eigenvalue weighted by molar-refractivity contribution is 5.17. The number of methoxy groups -OCH3 is 1. The lowest BCUT2D eigenvalue weighted by Crippen LogP contribution is -1.78. The molecule has 0 aromatic rings. The van der Waals surface area contributed by atoms with E-state index in [2.05, 4.69) is 13.0 Å². The molecule has 0 fully saturated rings. The minimum atomic E-state index is 0.886. The summed E-state index contributed by atoms with van der Waals surface area (Å²) in [5, 5.41) is 0. The lowest BCUT2D eigenvalue weighted by molar-refractivity contribution is 0.307. The fraction of sp³-hybridized carbons (Fsp3) is 0.400. The zero-order valence-electron chi connectivity index (χ0n) is 7.50. The van der Waals surface area contributed by atoms with E-state index in [0.717, 1.165) is 12.2 Å². The first-order valence-electron chi connectivity index (χ1n) is 3.88. The Kier molecular flexibility index (Phi) is 6.50. The second-order valence-corrected chi connectivity index (χ2v) is 2.11. The molecule has 0 saturated carbocycles. The maximum atomic E-state index is 5.06. The summed E-state index contributed by atoms with van der Waals surface area (Å²) in [6.45, 7) is 4.07. The molecule has 11 heavy (non-hydrogen) atoms. The molecule has 0 bridgehead atoms. The van der Waals surface area contributed by atoms with Gasteiger partial charge < -0.3 is 4.74 Å². The molecular formula is C10H16O. The Morgan fingerprint density at radius 1 is 1.45 bits per heavy atom. The van der Waals surface area contributed by atoms with Crippen molar-refractivity contribution in [3.05, 3.63) is 36.1 Å². The van der Waals surface area contributed by atoms with Crippen molar-refractivity contribution in [3.63, 3.8) is 0 Å². The van der Waals surface area contributed by atoms with Crippen LogP contribution in [-0.2, 0) is 4.74 Å². The van der Waals surface area contributed by atoms with Gasteiger partial charge in [-0.15, -0.1) is 0 Å². The highest BCUT2D eigenvalue weighted by Gasteiger charge is 1.82. The van der Waals surface area contributed by atoms with Gasteiger partial charge >= 0.3 is 0 Å². The van der Waals surface area contributed by atoms with Crippen LogP contribution < -0.4 is 0 Å². The first-order chi connectivity index (χ1) is 5.35. The molecule has 0 N–H and O–H groups in total. The van der Waals surface area contributed by atoms with E-state index in [-0.39, 0.29) is 0 Å². The SMILES string of the molecule is C\C=C/C(=C\C=C\CC)OC. The Morgan fingerprint density at radius 3 is 2.64 bits per heavy atom. The monoisotopic (exact) mass is 152 g/mol. The molecule has 1 heteroatoms. The lowest BCUT2D eigenvalue weighted by atomic mass is 10.3. The van der Waals surface area contributed by atoms with Gasteiger partial charge in [-0.05, 0) is 25.5 Å². The van der Waals surface area contributed by atoms with Gasteiger partial charge in [0, 0.05) is 0 Å². The Bertz CT molecular complexity index is 164. The molecule has 0 heterocycles. The molecular weight excluding hydrogens is 136 g/mol. The Morgan fingerprint density at radius 2 is 2.18 bits per heavy atom. The average molecular weight is 152 g/mol. The molecule has 0 radical (unpaired) electrons. The van der Waals surface area contributed by atoms with Crippen LogP contribution in [0.25, 0.3) is 0 Å². The van der Waals surface area contributed by atoms with Crippen molar-refractivity contribution in [2.45, 2.75) is 20.3 Å². The summed E-state index contributed by atoms with van der Waals surface area (Å²) in [6.07, 6.45) is 11.0. The fourth-order valence-corrected chi connectivity index (χ4v) is 0.655. The quantitative estimate of drug-likeness (QED) is 0.444. The molecule has 0 aliphatic rings. The number of hydrogen-bond acceptors (Lipinski definition) is 1. The summed E-state index contributed by atoms with van der Waals surface area (Å²) in [4.78, 5) is 0. The third-order valence-corrected chi connectivity index (χ3v) is 1.20. The van der Waals surface area contributed by atoms with Gasteiger partial charge in [-0.3, -0.25) is 0 Å². The minimum absolute atomic E-state index is 0.886.